The van der Waals surface area contributed by atoms with Crippen LogP contribution in [0.5, 0.6) is 11.5 Å². The molecule has 0 fully saturated rings. The summed E-state index contributed by atoms with van der Waals surface area (Å²) in [5.74, 6) is 1.83. The van der Waals surface area contributed by atoms with Gasteiger partial charge in [0.05, 0.1) is 5.69 Å². The maximum absolute atomic E-state index is 7.02. The minimum Gasteiger partial charge on any atom is -0.458 e. The van der Waals surface area contributed by atoms with Gasteiger partial charge in [0.2, 0.25) is 0 Å². The Balaban J connectivity index is 1.07. The number of benzene rings is 10. The number of hydrogen-bond donors (Lipinski definition) is 0. The lowest BCUT2D eigenvalue weighted by Crippen LogP contribution is -2.64. The third-order valence-electron chi connectivity index (χ3n) is 15.4. The average Bonchev–Trinajstić information content (AvgIpc) is 3.80. The molecule has 71 heavy (non-hydrogen) atoms. The van der Waals surface area contributed by atoms with Crippen molar-refractivity contribution in [3.63, 3.8) is 0 Å². The maximum atomic E-state index is 7.02. The SMILES string of the molecule is CC(C)(C)c1cc2c3c(c1)N(c1ccccc1)c1cc4c(cc1B3c1ccccc1O2)B1c2ccccc2N(c2ccccc2)c2cccc(c21)N4c1ccccc1-c1cccc2c1oc1ccccc12. The van der Waals surface area contributed by atoms with Gasteiger partial charge < -0.3 is 23.9 Å². The molecule has 4 aliphatic rings. The van der Waals surface area contributed by atoms with E-state index in [1.807, 2.05) is 0 Å². The highest BCUT2D eigenvalue weighted by molar-refractivity contribution is 7.02. The molecule has 0 saturated carbocycles. The van der Waals surface area contributed by atoms with Gasteiger partial charge in [0.1, 0.15) is 22.7 Å². The molecule has 7 heteroatoms. The minimum absolute atomic E-state index is 0.0794. The molecule has 4 aliphatic heterocycles. The number of fused-ring (bicyclic) bond motifs is 11. The Hall–Kier alpha value is -8.67. The van der Waals surface area contributed by atoms with Gasteiger partial charge in [-0.3, -0.25) is 0 Å². The largest absolute Gasteiger partial charge is 0.458 e. The maximum Gasteiger partial charge on any atom is 0.256 e. The summed E-state index contributed by atoms with van der Waals surface area (Å²) in [5.41, 5.74) is 22.7. The third-order valence-corrected chi connectivity index (χ3v) is 15.4. The number of rotatable bonds is 4. The molecule has 10 aromatic carbocycles. The van der Waals surface area contributed by atoms with Crippen LogP contribution in [0.3, 0.4) is 0 Å². The van der Waals surface area contributed by atoms with Gasteiger partial charge in [-0.05, 0) is 123 Å². The molecule has 334 valence electrons. The Morgan fingerprint density at radius 2 is 0.930 bits per heavy atom. The summed E-state index contributed by atoms with van der Waals surface area (Å²) in [6.45, 7) is 6.72. The van der Waals surface area contributed by atoms with Crippen LogP contribution in [-0.2, 0) is 5.41 Å². The number of nitrogens with zero attached hydrogens (tertiary/aromatic N) is 3. The topological polar surface area (TPSA) is 32.1 Å². The normalized spacial score (nSPS) is 13.8. The van der Waals surface area contributed by atoms with Crippen LogP contribution in [0.2, 0.25) is 0 Å². The highest BCUT2D eigenvalue weighted by Gasteiger charge is 2.48. The second kappa shape index (κ2) is 14.9. The summed E-state index contributed by atoms with van der Waals surface area (Å²) in [4.78, 5) is 7.54. The van der Waals surface area contributed by atoms with Crippen molar-refractivity contribution in [2.24, 2.45) is 0 Å². The van der Waals surface area contributed by atoms with Gasteiger partial charge in [0, 0.05) is 67.4 Å². The highest BCUT2D eigenvalue weighted by atomic mass is 16.5. The average molecular weight is 910 g/mol. The van der Waals surface area contributed by atoms with Gasteiger partial charge in [-0.25, -0.2) is 0 Å². The molecule has 1 aromatic heterocycles. The van der Waals surface area contributed by atoms with E-state index in [1.54, 1.807) is 0 Å². The molecule has 0 saturated heterocycles. The van der Waals surface area contributed by atoms with Crippen molar-refractivity contribution in [1.29, 1.82) is 0 Å². The van der Waals surface area contributed by atoms with Crippen molar-refractivity contribution >= 4 is 119 Å². The first-order chi connectivity index (χ1) is 34.9. The Kier molecular flexibility index (Phi) is 8.45. The molecule has 0 spiro atoms. The first-order valence-corrected chi connectivity index (χ1v) is 24.7. The summed E-state index contributed by atoms with van der Waals surface area (Å²) < 4.78 is 13.8. The third kappa shape index (κ3) is 5.78. The molecule has 5 nitrogen and oxygen atoms in total. The van der Waals surface area contributed by atoms with Crippen molar-refractivity contribution in [3.05, 3.63) is 224 Å². The van der Waals surface area contributed by atoms with E-state index < -0.39 is 0 Å². The van der Waals surface area contributed by atoms with Crippen LogP contribution < -0.4 is 52.2 Å². The number of furan rings is 1. The lowest BCUT2D eigenvalue weighted by Gasteiger charge is -2.46. The molecule has 0 amide bonds. The number of anilines is 9. The van der Waals surface area contributed by atoms with E-state index in [4.69, 9.17) is 9.15 Å². The number of ether oxygens (including phenoxy) is 1. The van der Waals surface area contributed by atoms with Gasteiger partial charge in [-0.2, -0.15) is 0 Å². The van der Waals surface area contributed by atoms with Crippen LogP contribution in [0.15, 0.2) is 223 Å². The lowest BCUT2D eigenvalue weighted by atomic mass is 9.30. The van der Waals surface area contributed by atoms with E-state index >= 15 is 0 Å². The van der Waals surface area contributed by atoms with Gasteiger partial charge in [-0.15, -0.1) is 0 Å². The van der Waals surface area contributed by atoms with Crippen LogP contribution in [0.25, 0.3) is 33.1 Å². The summed E-state index contributed by atoms with van der Waals surface area (Å²) in [5, 5.41) is 2.22. The molecule has 0 radical (unpaired) electrons. The lowest BCUT2D eigenvalue weighted by molar-refractivity contribution is 0.483. The molecule has 0 unspecified atom stereocenters. The van der Waals surface area contributed by atoms with Crippen molar-refractivity contribution in [2.75, 3.05) is 14.7 Å². The summed E-state index contributed by atoms with van der Waals surface area (Å²) in [6.07, 6.45) is 0. The fourth-order valence-corrected chi connectivity index (χ4v) is 12.3. The van der Waals surface area contributed by atoms with E-state index in [2.05, 4.69) is 254 Å². The predicted octanol–water partition coefficient (Wildman–Crippen LogP) is 13.0. The Morgan fingerprint density at radius 1 is 0.366 bits per heavy atom. The van der Waals surface area contributed by atoms with Crippen LogP contribution in [-0.4, -0.2) is 13.4 Å². The Morgan fingerprint density at radius 3 is 1.70 bits per heavy atom. The van der Waals surface area contributed by atoms with Crippen LogP contribution in [0, 0.1) is 0 Å². The van der Waals surface area contributed by atoms with Crippen molar-refractivity contribution in [2.45, 2.75) is 26.2 Å². The smallest absolute Gasteiger partial charge is 0.256 e. The van der Waals surface area contributed by atoms with Gasteiger partial charge in [-0.1, -0.05) is 160 Å². The fraction of sp³-hybridized carbons (Fsp3) is 0.0625. The number of para-hydroxylation sites is 7. The molecule has 0 aliphatic carbocycles. The zero-order chi connectivity index (χ0) is 47.1. The van der Waals surface area contributed by atoms with E-state index in [9.17, 15) is 0 Å². The zero-order valence-electron chi connectivity index (χ0n) is 39.6. The highest BCUT2D eigenvalue weighted by Crippen LogP contribution is 2.50. The zero-order valence-corrected chi connectivity index (χ0v) is 39.6. The summed E-state index contributed by atoms with van der Waals surface area (Å²) >= 11 is 0. The quantitative estimate of drug-likeness (QED) is 0.164. The van der Waals surface area contributed by atoms with Crippen molar-refractivity contribution < 1.29 is 9.15 Å². The Labute approximate surface area is 414 Å². The number of hydrogen-bond acceptors (Lipinski definition) is 5. The van der Waals surface area contributed by atoms with E-state index in [0.717, 1.165) is 84.4 Å². The van der Waals surface area contributed by atoms with E-state index in [0.29, 0.717) is 0 Å². The molecule has 0 N–H and O–H groups in total. The second-order valence-corrected chi connectivity index (χ2v) is 20.4. The van der Waals surface area contributed by atoms with Gasteiger partial charge in [0.25, 0.3) is 13.4 Å². The molecule has 15 rings (SSSR count). The van der Waals surface area contributed by atoms with Crippen molar-refractivity contribution in [1.82, 2.24) is 0 Å². The minimum atomic E-state index is -0.132. The molecule has 0 atom stereocenters. The van der Waals surface area contributed by atoms with Gasteiger partial charge >= 0.3 is 0 Å². The first kappa shape index (κ1) is 40.2. The molecule has 11 aromatic rings. The Bertz CT molecular complexity index is 4010. The van der Waals surface area contributed by atoms with E-state index in [1.165, 1.54) is 49.7 Å². The molecule has 5 heterocycles. The van der Waals surface area contributed by atoms with E-state index in [-0.39, 0.29) is 18.8 Å². The molecular weight excluding hydrogens is 864 g/mol. The monoisotopic (exact) mass is 909 g/mol. The van der Waals surface area contributed by atoms with Crippen LogP contribution >= 0.6 is 0 Å². The van der Waals surface area contributed by atoms with Gasteiger partial charge in [0.15, 0.2) is 0 Å². The molecular formula is C64H45B2N3O2. The summed E-state index contributed by atoms with van der Waals surface area (Å²) in [7, 11) is 0. The second-order valence-electron chi connectivity index (χ2n) is 20.4. The molecule has 0 bridgehead atoms. The van der Waals surface area contributed by atoms with Crippen LogP contribution in [0.1, 0.15) is 26.3 Å². The predicted molar refractivity (Wildman–Crippen MR) is 298 cm³/mol. The fourth-order valence-electron chi connectivity index (χ4n) is 12.3. The van der Waals surface area contributed by atoms with Crippen LogP contribution in [0.4, 0.5) is 51.2 Å². The standard InChI is InChI=1S/C64H45B2N3O2/c1-64(2,3)40-36-57-62-60(37-40)70-59-35-17-13-29-48(59)66(62)49-38-50-56(39-55(49)68(57)42-22-8-5-9-23-42)69(51-30-14-10-24-43(51)45-26-18-27-46-44-25-11-16-34-58(44)71-63(45)46)54-33-19-32-53-61(54)65(50)47-28-12-15-31-52(47)67(53)41-20-6-4-7-21-41/h4-39H,1-3H3. The van der Waals surface area contributed by atoms with Crippen molar-refractivity contribution in [3.8, 4) is 22.6 Å². The summed E-state index contributed by atoms with van der Waals surface area (Å²) in [6, 6.07) is 80.1. The first-order valence-electron chi connectivity index (χ1n) is 24.7.